The predicted octanol–water partition coefficient (Wildman–Crippen LogP) is 2.53. The molecule has 0 aromatic heterocycles. The van der Waals surface area contributed by atoms with Crippen molar-refractivity contribution in [1.82, 2.24) is 16.0 Å². The summed E-state index contributed by atoms with van der Waals surface area (Å²) >= 11 is 0. The number of carboxylic acid groups (broad SMARTS) is 4. The highest BCUT2D eigenvalue weighted by atomic mass is 16.4. The number of Topliss-reactive ketones (excluding diaryl/α,β-unsaturated/α-hetero) is 1. The number of hydrogen-bond acceptors (Lipinski definition) is 7. The fraction of sp³-hybridized carbons (Fsp3) is 0.741. The van der Waals surface area contributed by atoms with E-state index in [0.717, 1.165) is 25.7 Å². The number of urea groups is 1. The Hall–Kier alpha value is -3.71. The molecule has 3 atom stereocenters. The Labute approximate surface area is 239 Å². The van der Waals surface area contributed by atoms with Crippen LogP contribution in [0.1, 0.15) is 103 Å². The molecule has 0 heterocycles. The zero-order valence-electron chi connectivity index (χ0n) is 23.7. The van der Waals surface area contributed by atoms with Crippen LogP contribution in [0.5, 0.6) is 0 Å². The molecule has 0 bridgehead atoms. The normalized spacial score (nSPS) is 12.9. The number of amides is 3. The summed E-state index contributed by atoms with van der Waals surface area (Å²) in [6.07, 6.45) is 5.67. The van der Waals surface area contributed by atoms with Crippen molar-refractivity contribution in [3.05, 3.63) is 0 Å². The summed E-state index contributed by atoms with van der Waals surface area (Å²) in [7, 11) is 0. The fourth-order valence-electron chi connectivity index (χ4n) is 4.03. The van der Waals surface area contributed by atoms with Gasteiger partial charge in [0.15, 0.2) is 0 Å². The summed E-state index contributed by atoms with van der Waals surface area (Å²) in [5.74, 6) is -5.75. The summed E-state index contributed by atoms with van der Waals surface area (Å²) < 4.78 is 0. The van der Waals surface area contributed by atoms with Gasteiger partial charge in [-0.05, 0) is 44.9 Å². The largest absolute Gasteiger partial charge is 0.481 e. The van der Waals surface area contributed by atoms with Gasteiger partial charge in [-0.1, -0.05) is 32.6 Å². The van der Waals surface area contributed by atoms with Crippen LogP contribution in [-0.4, -0.2) is 80.7 Å². The molecule has 0 aliphatic heterocycles. The summed E-state index contributed by atoms with van der Waals surface area (Å²) in [5, 5.41) is 43.3. The smallest absolute Gasteiger partial charge is 0.326 e. The van der Waals surface area contributed by atoms with Gasteiger partial charge in [0.1, 0.15) is 17.9 Å². The molecule has 0 aliphatic rings. The first-order chi connectivity index (χ1) is 19.4. The zero-order chi connectivity index (χ0) is 31.2. The number of ketones is 1. The lowest BCUT2D eigenvalue weighted by Crippen LogP contribution is -2.51. The lowest BCUT2D eigenvalue weighted by atomic mass is 9.94. The molecule has 0 aromatic rings. The van der Waals surface area contributed by atoms with E-state index < -0.39 is 54.3 Å². The Balaban J connectivity index is 4.10. The average molecular weight is 588 g/mol. The molecule has 0 aliphatic carbocycles. The van der Waals surface area contributed by atoms with Crippen molar-refractivity contribution < 1.29 is 54.0 Å². The highest BCUT2D eigenvalue weighted by molar-refractivity contribution is 5.86. The Kier molecular flexibility index (Phi) is 20.0. The molecule has 3 amide bonds. The number of nitrogens with one attached hydrogen (secondary N) is 3. The molecule has 0 fully saturated rings. The van der Waals surface area contributed by atoms with Crippen LogP contribution in [0.4, 0.5) is 4.79 Å². The molecule has 0 radical (unpaired) electrons. The molecule has 7 N–H and O–H groups in total. The van der Waals surface area contributed by atoms with Crippen LogP contribution in [0, 0.1) is 5.92 Å². The Morgan fingerprint density at radius 1 is 0.610 bits per heavy atom. The lowest BCUT2D eigenvalue weighted by molar-refractivity contribution is -0.144. The maximum atomic E-state index is 12.1. The zero-order valence-corrected chi connectivity index (χ0v) is 23.7. The minimum absolute atomic E-state index is 0.0377. The van der Waals surface area contributed by atoms with Gasteiger partial charge in [-0.25, -0.2) is 14.4 Å². The van der Waals surface area contributed by atoms with E-state index in [1.807, 2.05) is 6.92 Å². The second kappa shape index (κ2) is 22.0. The quantitative estimate of drug-likeness (QED) is 0.0766. The maximum Gasteiger partial charge on any atom is 0.326 e. The Bertz CT molecular complexity index is 879. The van der Waals surface area contributed by atoms with Crippen LogP contribution in [0.15, 0.2) is 0 Å². The SMILES string of the molecule is CCCCC(CC(=O)CCCCCCC(=O)NCCCC[C@H](NC(=O)N[C@@H](CCC(=O)O)C(=O)O)C(=O)O)C(=O)O. The van der Waals surface area contributed by atoms with Crippen molar-refractivity contribution in [2.24, 2.45) is 5.92 Å². The van der Waals surface area contributed by atoms with Crippen molar-refractivity contribution in [1.29, 1.82) is 0 Å². The molecule has 41 heavy (non-hydrogen) atoms. The molecular formula is C27H45N3O11. The van der Waals surface area contributed by atoms with Gasteiger partial charge < -0.3 is 36.4 Å². The molecule has 0 saturated carbocycles. The van der Waals surface area contributed by atoms with Crippen LogP contribution in [0.2, 0.25) is 0 Å². The number of carbonyl (C=O) groups excluding carboxylic acids is 3. The van der Waals surface area contributed by atoms with E-state index in [4.69, 9.17) is 10.2 Å². The summed E-state index contributed by atoms with van der Waals surface area (Å²) in [4.78, 5) is 80.5. The molecular weight excluding hydrogens is 542 g/mol. The van der Waals surface area contributed by atoms with Gasteiger partial charge in [0.2, 0.25) is 5.91 Å². The first kappa shape index (κ1) is 37.3. The maximum absolute atomic E-state index is 12.1. The van der Waals surface area contributed by atoms with Gasteiger partial charge >= 0.3 is 29.9 Å². The van der Waals surface area contributed by atoms with Crippen LogP contribution < -0.4 is 16.0 Å². The van der Waals surface area contributed by atoms with Crippen molar-refractivity contribution >= 4 is 41.6 Å². The third kappa shape index (κ3) is 19.9. The third-order valence-electron chi connectivity index (χ3n) is 6.43. The minimum atomic E-state index is -1.48. The van der Waals surface area contributed by atoms with Crippen molar-refractivity contribution in [2.45, 2.75) is 115 Å². The molecule has 1 unspecified atom stereocenters. The van der Waals surface area contributed by atoms with Crippen LogP contribution in [0.25, 0.3) is 0 Å². The summed E-state index contributed by atoms with van der Waals surface area (Å²) in [6, 6.07) is -3.81. The number of unbranched alkanes of at least 4 members (excludes halogenated alkanes) is 5. The van der Waals surface area contributed by atoms with E-state index in [-0.39, 0.29) is 31.0 Å². The molecule has 0 aromatic carbocycles. The number of aliphatic carboxylic acids is 4. The Morgan fingerprint density at radius 3 is 1.73 bits per heavy atom. The molecule has 0 spiro atoms. The van der Waals surface area contributed by atoms with E-state index in [1.165, 1.54) is 0 Å². The van der Waals surface area contributed by atoms with Crippen LogP contribution >= 0.6 is 0 Å². The monoisotopic (exact) mass is 587 g/mol. The minimum Gasteiger partial charge on any atom is -0.481 e. The number of rotatable bonds is 25. The van der Waals surface area contributed by atoms with Crippen LogP contribution in [0.3, 0.4) is 0 Å². The van der Waals surface area contributed by atoms with Gasteiger partial charge in [0.25, 0.3) is 0 Å². The van der Waals surface area contributed by atoms with Gasteiger partial charge in [-0.15, -0.1) is 0 Å². The van der Waals surface area contributed by atoms with E-state index in [1.54, 1.807) is 0 Å². The predicted molar refractivity (Wildman–Crippen MR) is 146 cm³/mol. The first-order valence-corrected chi connectivity index (χ1v) is 14.1. The third-order valence-corrected chi connectivity index (χ3v) is 6.43. The van der Waals surface area contributed by atoms with Gasteiger partial charge in [0.05, 0.1) is 5.92 Å². The standard InChI is InChI=1S/C27H45N3O11/c1-2-3-10-18(24(35)36)17-19(31)11-6-4-5-7-13-22(32)28-16-9-8-12-20(25(37)38)29-27(41)30-21(26(39)40)14-15-23(33)34/h18,20-21H,2-17H2,1H3,(H,28,32)(H,33,34)(H,35,36)(H,37,38)(H,39,40)(H2,29,30,41)/t18?,20-,21-/m0/s1. The summed E-state index contributed by atoms with van der Waals surface area (Å²) in [5.41, 5.74) is 0. The van der Waals surface area contributed by atoms with E-state index in [9.17, 15) is 43.8 Å². The lowest BCUT2D eigenvalue weighted by Gasteiger charge is -2.18. The first-order valence-electron chi connectivity index (χ1n) is 14.1. The summed E-state index contributed by atoms with van der Waals surface area (Å²) in [6.45, 7) is 2.28. The highest BCUT2D eigenvalue weighted by Crippen LogP contribution is 2.16. The van der Waals surface area contributed by atoms with E-state index >= 15 is 0 Å². The molecule has 0 rings (SSSR count). The Morgan fingerprint density at radius 2 is 1.20 bits per heavy atom. The molecule has 14 heteroatoms. The van der Waals surface area contributed by atoms with E-state index in [0.29, 0.717) is 51.5 Å². The number of carboxylic acids is 4. The van der Waals surface area contributed by atoms with E-state index in [2.05, 4.69) is 16.0 Å². The van der Waals surface area contributed by atoms with Gasteiger partial charge in [-0.3, -0.25) is 19.2 Å². The van der Waals surface area contributed by atoms with Crippen molar-refractivity contribution in [3.8, 4) is 0 Å². The van der Waals surface area contributed by atoms with Crippen molar-refractivity contribution in [2.75, 3.05) is 6.54 Å². The molecule has 0 saturated heterocycles. The van der Waals surface area contributed by atoms with Gasteiger partial charge in [-0.2, -0.15) is 0 Å². The topological polar surface area (TPSA) is 236 Å². The fourth-order valence-corrected chi connectivity index (χ4v) is 4.03. The highest BCUT2D eigenvalue weighted by Gasteiger charge is 2.25. The number of hydrogen-bond donors (Lipinski definition) is 7. The van der Waals surface area contributed by atoms with Crippen LogP contribution in [-0.2, 0) is 28.8 Å². The number of carbonyl (C=O) groups is 7. The average Bonchev–Trinajstić information content (AvgIpc) is 2.89. The van der Waals surface area contributed by atoms with Gasteiger partial charge in [0, 0.05) is 32.2 Å². The van der Waals surface area contributed by atoms with Crippen molar-refractivity contribution in [3.63, 3.8) is 0 Å². The second-order valence-electron chi connectivity index (χ2n) is 10.0. The molecule has 14 nitrogen and oxygen atoms in total. The molecule has 234 valence electrons. The second-order valence-corrected chi connectivity index (χ2v) is 10.0.